The summed E-state index contributed by atoms with van der Waals surface area (Å²) in [7, 11) is 1.85. The molecule has 0 spiro atoms. The van der Waals surface area contributed by atoms with Crippen LogP contribution in [0.4, 0.5) is 0 Å². The van der Waals surface area contributed by atoms with Gasteiger partial charge in [-0.05, 0) is 64.8 Å². The molecule has 0 aliphatic heterocycles. The van der Waals surface area contributed by atoms with E-state index in [-0.39, 0.29) is 11.9 Å². The molecule has 1 aromatic heterocycles. The normalized spacial score (nSPS) is 11.0. The van der Waals surface area contributed by atoms with Crippen molar-refractivity contribution in [2.24, 2.45) is 0 Å². The van der Waals surface area contributed by atoms with Crippen molar-refractivity contribution in [2.45, 2.75) is 53.5 Å². The highest BCUT2D eigenvalue weighted by atomic mass is 16.5. The largest absolute Gasteiger partial charge is 0.439 e. The molecule has 5 heteroatoms. The Labute approximate surface area is 179 Å². The fraction of sp³-hybridized carbons (Fsp3) is 0.360. The molecule has 0 saturated heterocycles. The van der Waals surface area contributed by atoms with E-state index < -0.39 is 0 Å². The fourth-order valence-electron chi connectivity index (χ4n) is 3.31. The van der Waals surface area contributed by atoms with E-state index in [1.165, 1.54) is 5.56 Å². The topological polar surface area (TPSA) is 47.4 Å². The number of hydrogen-bond donors (Lipinski definition) is 0. The molecular weight excluding hydrogens is 374 g/mol. The summed E-state index contributed by atoms with van der Waals surface area (Å²) in [5.74, 6) is 1.54. The van der Waals surface area contributed by atoms with Gasteiger partial charge in [-0.3, -0.25) is 4.79 Å². The van der Waals surface area contributed by atoms with Crippen molar-refractivity contribution < 1.29 is 9.53 Å². The lowest BCUT2D eigenvalue weighted by molar-refractivity contribution is -0.131. The third kappa shape index (κ3) is 4.73. The minimum atomic E-state index is 0.120. The summed E-state index contributed by atoms with van der Waals surface area (Å²) in [5, 5.41) is 4.78. The van der Waals surface area contributed by atoms with Crippen molar-refractivity contribution in [3.8, 4) is 17.3 Å². The molecule has 3 rings (SSSR count). The summed E-state index contributed by atoms with van der Waals surface area (Å²) in [6.07, 6.45) is 0.994. The number of hydrogen-bond acceptors (Lipinski definition) is 3. The standard InChI is InChI=1S/C25H31N3O2/c1-17(2)27(6)24(29)16-15-22-20(5)26-28(23-10-8-7-9-19(23)4)25(22)30-21-13-11-18(3)12-14-21/h7-14,17H,15-16H2,1-6H3. The van der Waals surface area contributed by atoms with Crippen molar-refractivity contribution in [2.75, 3.05) is 7.05 Å². The van der Waals surface area contributed by atoms with Crippen molar-refractivity contribution in [1.82, 2.24) is 14.7 Å². The Bertz CT molecular complexity index is 1020. The number of para-hydroxylation sites is 1. The van der Waals surface area contributed by atoms with Crippen LogP contribution in [0.2, 0.25) is 0 Å². The molecule has 0 fully saturated rings. The van der Waals surface area contributed by atoms with Gasteiger partial charge in [0.15, 0.2) is 0 Å². The van der Waals surface area contributed by atoms with Gasteiger partial charge in [0, 0.05) is 25.1 Å². The van der Waals surface area contributed by atoms with Gasteiger partial charge in [-0.1, -0.05) is 35.9 Å². The van der Waals surface area contributed by atoms with Crippen molar-refractivity contribution >= 4 is 5.91 Å². The van der Waals surface area contributed by atoms with Crippen LogP contribution < -0.4 is 4.74 Å². The smallest absolute Gasteiger partial charge is 0.226 e. The first-order valence-corrected chi connectivity index (χ1v) is 10.4. The average Bonchev–Trinajstić information content (AvgIpc) is 3.02. The summed E-state index contributed by atoms with van der Waals surface area (Å²) >= 11 is 0. The lowest BCUT2D eigenvalue weighted by Crippen LogP contribution is -2.33. The Morgan fingerprint density at radius 3 is 2.37 bits per heavy atom. The first kappa shape index (κ1) is 21.6. The molecule has 0 aliphatic rings. The second kappa shape index (κ2) is 9.16. The lowest BCUT2D eigenvalue weighted by atomic mass is 10.1. The van der Waals surface area contributed by atoms with Crippen LogP contribution in [-0.2, 0) is 11.2 Å². The van der Waals surface area contributed by atoms with Crippen molar-refractivity contribution in [3.63, 3.8) is 0 Å². The molecule has 30 heavy (non-hydrogen) atoms. The van der Waals surface area contributed by atoms with Crippen LogP contribution in [-0.4, -0.2) is 33.7 Å². The molecule has 3 aromatic rings. The Morgan fingerprint density at radius 1 is 1.07 bits per heavy atom. The molecular formula is C25H31N3O2. The Morgan fingerprint density at radius 2 is 1.73 bits per heavy atom. The van der Waals surface area contributed by atoms with Gasteiger partial charge in [-0.25, -0.2) is 0 Å². The zero-order valence-corrected chi connectivity index (χ0v) is 18.8. The molecule has 2 aromatic carbocycles. The lowest BCUT2D eigenvalue weighted by Gasteiger charge is -2.21. The van der Waals surface area contributed by atoms with Crippen molar-refractivity contribution in [3.05, 3.63) is 70.9 Å². The number of aromatic nitrogens is 2. The highest BCUT2D eigenvalue weighted by molar-refractivity contribution is 5.76. The molecule has 0 aliphatic carbocycles. The van der Waals surface area contributed by atoms with Crippen LogP contribution in [0.5, 0.6) is 11.6 Å². The van der Waals surface area contributed by atoms with Crippen LogP contribution in [0.15, 0.2) is 48.5 Å². The maximum Gasteiger partial charge on any atom is 0.226 e. The second-order valence-corrected chi connectivity index (χ2v) is 8.08. The second-order valence-electron chi connectivity index (χ2n) is 8.08. The maximum absolute atomic E-state index is 12.6. The van der Waals surface area contributed by atoms with Gasteiger partial charge >= 0.3 is 0 Å². The minimum Gasteiger partial charge on any atom is -0.439 e. The Kier molecular flexibility index (Phi) is 6.60. The molecule has 0 radical (unpaired) electrons. The molecule has 1 amide bonds. The number of amides is 1. The summed E-state index contributed by atoms with van der Waals surface area (Å²) < 4.78 is 8.20. The predicted molar refractivity (Wildman–Crippen MR) is 121 cm³/mol. The zero-order chi connectivity index (χ0) is 21.8. The summed E-state index contributed by atoms with van der Waals surface area (Å²) in [5.41, 5.74) is 5.09. The van der Waals surface area contributed by atoms with E-state index in [9.17, 15) is 4.79 Å². The van der Waals surface area contributed by atoms with Crippen LogP contribution in [0.25, 0.3) is 5.69 Å². The summed E-state index contributed by atoms with van der Waals surface area (Å²) in [6, 6.07) is 16.2. The predicted octanol–water partition coefficient (Wildman–Crippen LogP) is 5.39. The molecule has 0 saturated carbocycles. The quantitative estimate of drug-likeness (QED) is 0.529. The number of ether oxygens (including phenoxy) is 1. The highest BCUT2D eigenvalue weighted by Gasteiger charge is 2.21. The van der Waals surface area contributed by atoms with E-state index in [4.69, 9.17) is 9.84 Å². The number of carbonyl (C=O) groups excluding carboxylic acids is 1. The van der Waals surface area contributed by atoms with Crippen LogP contribution in [0.3, 0.4) is 0 Å². The van der Waals surface area contributed by atoms with Crippen LogP contribution in [0.1, 0.15) is 42.7 Å². The first-order valence-electron chi connectivity index (χ1n) is 10.4. The molecule has 0 unspecified atom stereocenters. The SMILES string of the molecule is Cc1ccc(Oc2c(CCC(=O)N(C)C(C)C)c(C)nn2-c2ccccc2C)cc1. The highest BCUT2D eigenvalue weighted by Crippen LogP contribution is 2.32. The average molecular weight is 406 g/mol. The fourth-order valence-corrected chi connectivity index (χ4v) is 3.31. The third-order valence-corrected chi connectivity index (χ3v) is 5.47. The molecule has 0 N–H and O–H groups in total. The van der Waals surface area contributed by atoms with Gasteiger partial charge in [-0.2, -0.15) is 9.78 Å². The summed E-state index contributed by atoms with van der Waals surface area (Å²) in [4.78, 5) is 14.3. The van der Waals surface area contributed by atoms with Gasteiger partial charge in [0.1, 0.15) is 5.75 Å². The number of carbonyl (C=O) groups is 1. The molecule has 1 heterocycles. The van der Waals surface area contributed by atoms with Crippen LogP contribution in [0, 0.1) is 20.8 Å². The molecule has 158 valence electrons. The first-order chi connectivity index (χ1) is 14.3. The minimum absolute atomic E-state index is 0.120. The number of rotatable bonds is 7. The Hall–Kier alpha value is -3.08. The maximum atomic E-state index is 12.6. The van der Waals surface area contributed by atoms with E-state index in [1.54, 1.807) is 4.90 Å². The van der Waals surface area contributed by atoms with E-state index in [0.717, 1.165) is 28.3 Å². The molecule has 0 atom stereocenters. The molecule has 5 nitrogen and oxygen atoms in total. The number of benzene rings is 2. The van der Waals surface area contributed by atoms with Gasteiger partial charge in [0.25, 0.3) is 0 Å². The van der Waals surface area contributed by atoms with E-state index in [0.29, 0.717) is 18.7 Å². The van der Waals surface area contributed by atoms with Gasteiger partial charge in [-0.15, -0.1) is 0 Å². The number of nitrogens with zero attached hydrogens (tertiary/aromatic N) is 3. The molecule has 0 bridgehead atoms. The van der Waals surface area contributed by atoms with Crippen molar-refractivity contribution in [1.29, 1.82) is 0 Å². The van der Waals surface area contributed by atoms with E-state index in [2.05, 4.69) is 13.0 Å². The Balaban J connectivity index is 1.99. The van der Waals surface area contributed by atoms with E-state index in [1.807, 2.05) is 81.9 Å². The van der Waals surface area contributed by atoms with Gasteiger partial charge in [0.05, 0.1) is 11.4 Å². The summed E-state index contributed by atoms with van der Waals surface area (Å²) in [6.45, 7) is 10.1. The van der Waals surface area contributed by atoms with Gasteiger partial charge < -0.3 is 9.64 Å². The third-order valence-electron chi connectivity index (χ3n) is 5.47. The van der Waals surface area contributed by atoms with Gasteiger partial charge in [0.2, 0.25) is 11.8 Å². The number of aryl methyl sites for hydroxylation is 3. The van der Waals surface area contributed by atoms with Crippen LogP contribution >= 0.6 is 0 Å². The monoisotopic (exact) mass is 405 g/mol. The van der Waals surface area contributed by atoms with E-state index >= 15 is 0 Å². The zero-order valence-electron chi connectivity index (χ0n) is 18.8.